The van der Waals surface area contributed by atoms with Gasteiger partial charge in [0, 0.05) is 18.6 Å². The van der Waals surface area contributed by atoms with Gasteiger partial charge in [-0.3, -0.25) is 4.90 Å². The van der Waals surface area contributed by atoms with Crippen molar-refractivity contribution >= 4 is 0 Å². The third-order valence-electron chi connectivity index (χ3n) is 4.05. The molecular formula is C15H21N3. The van der Waals surface area contributed by atoms with Crippen LogP contribution in [0.2, 0.25) is 0 Å². The van der Waals surface area contributed by atoms with E-state index in [0.717, 1.165) is 18.7 Å². The normalized spacial score (nSPS) is 23.6. The molecule has 18 heavy (non-hydrogen) atoms. The van der Waals surface area contributed by atoms with Crippen LogP contribution in [0, 0.1) is 17.2 Å². The molecule has 2 rings (SSSR count). The van der Waals surface area contributed by atoms with Crippen LogP contribution in [-0.2, 0) is 0 Å². The highest BCUT2D eigenvalue weighted by molar-refractivity contribution is 5.34. The van der Waals surface area contributed by atoms with Crippen molar-refractivity contribution in [3.05, 3.63) is 35.4 Å². The molecule has 0 saturated carbocycles. The van der Waals surface area contributed by atoms with E-state index >= 15 is 0 Å². The first-order chi connectivity index (χ1) is 8.61. The summed E-state index contributed by atoms with van der Waals surface area (Å²) in [7, 11) is 0. The van der Waals surface area contributed by atoms with Crippen molar-refractivity contribution in [1.82, 2.24) is 4.90 Å². The van der Waals surface area contributed by atoms with Crippen molar-refractivity contribution in [2.45, 2.75) is 32.4 Å². The number of hydrogen-bond acceptors (Lipinski definition) is 3. The van der Waals surface area contributed by atoms with Crippen LogP contribution < -0.4 is 5.73 Å². The molecule has 1 heterocycles. The summed E-state index contributed by atoms with van der Waals surface area (Å²) in [6, 6.07) is 10.7. The molecule has 3 atom stereocenters. The average molecular weight is 243 g/mol. The second kappa shape index (κ2) is 5.51. The number of hydrogen-bond donors (Lipinski definition) is 1. The van der Waals surface area contributed by atoms with E-state index in [0.29, 0.717) is 12.0 Å². The third kappa shape index (κ3) is 2.72. The van der Waals surface area contributed by atoms with Crippen LogP contribution in [0.25, 0.3) is 0 Å². The Bertz CT molecular complexity index is 447. The zero-order valence-electron chi connectivity index (χ0n) is 11.1. The largest absolute Gasteiger partial charge is 0.328 e. The molecule has 1 aromatic rings. The molecule has 3 unspecified atom stereocenters. The minimum absolute atomic E-state index is 0.271. The summed E-state index contributed by atoms with van der Waals surface area (Å²) in [5, 5.41) is 8.94. The Hall–Kier alpha value is -1.37. The maximum Gasteiger partial charge on any atom is 0.0991 e. The van der Waals surface area contributed by atoms with Gasteiger partial charge in [-0.15, -0.1) is 0 Å². The molecule has 1 fully saturated rings. The van der Waals surface area contributed by atoms with Gasteiger partial charge in [-0.05, 0) is 50.4 Å². The van der Waals surface area contributed by atoms with Crippen molar-refractivity contribution in [2.24, 2.45) is 11.7 Å². The van der Waals surface area contributed by atoms with Gasteiger partial charge >= 0.3 is 0 Å². The third-order valence-corrected chi connectivity index (χ3v) is 4.05. The predicted molar refractivity (Wildman–Crippen MR) is 72.9 cm³/mol. The molecule has 0 radical (unpaired) electrons. The lowest BCUT2D eigenvalue weighted by Crippen LogP contribution is -2.31. The summed E-state index contributed by atoms with van der Waals surface area (Å²) in [6.45, 7) is 6.47. The Labute approximate surface area is 109 Å². The first-order valence-corrected chi connectivity index (χ1v) is 6.61. The van der Waals surface area contributed by atoms with Crippen LogP contribution in [0.15, 0.2) is 24.3 Å². The smallest absolute Gasteiger partial charge is 0.0991 e. The Morgan fingerprint density at radius 3 is 2.83 bits per heavy atom. The molecule has 0 amide bonds. The predicted octanol–water partition coefficient (Wildman–Crippen LogP) is 2.29. The zero-order chi connectivity index (χ0) is 13.1. The van der Waals surface area contributed by atoms with E-state index in [-0.39, 0.29) is 6.04 Å². The van der Waals surface area contributed by atoms with Crippen molar-refractivity contribution in [1.29, 1.82) is 5.26 Å². The molecule has 1 aliphatic rings. The maximum absolute atomic E-state index is 8.94. The first kappa shape index (κ1) is 13.1. The quantitative estimate of drug-likeness (QED) is 0.886. The standard InChI is InChI=1S/C15H21N3/c1-11(17)15-6-7-18(10-15)12(2)14-5-3-4-13(8-14)9-16/h3-5,8,11-12,15H,6-7,10,17H2,1-2H3. The number of nitrogens with two attached hydrogens (primary N) is 1. The summed E-state index contributed by atoms with van der Waals surface area (Å²) >= 11 is 0. The number of likely N-dealkylation sites (tertiary alicyclic amines) is 1. The monoisotopic (exact) mass is 243 g/mol. The summed E-state index contributed by atoms with van der Waals surface area (Å²) in [5.41, 5.74) is 7.93. The van der Waals surface area contributed by atoms with Gasteiger partial charge < -0.3 is 5.73 Å². The van der Waals surface area contributed by atoms with Gasteiger partial charge in [-0.1, -0.05) is 12.1 Å². The summed E-state index contributed by atoms with van der Waals surface area (Å²) < 4.78 is 0. The lowest BCUT2D eigenvalue weighted by molar-refractivity contribution is 0.248. The van der Waals surface area contributed by atoms with Crippen LogP contribution in [-0.4, -0.2) is 24.0 Å². The molecule has 1 aromatic carbocycles. The molecule has 0 spiro atoms. The molecule has 3 heteroatoms. The number of nitriles is 1. The van der Waals surface area contributed by atoms with Crippen LogP contribution in [0.1, 0.15) is 37.4 Å². The van der Waals surface area contributed by atoms with Gasteiger partial charge in [-0.2, -0.15) is 5.26 Å². The van der Waals surface area contributed by atoms with Gasteiger partial charge in [0.2, 0.25) is 0 Å². The lowest BCUT2D eigenvalue weighted by Gasteiger charge is -2.25. The van der Waals surface area contributed by atoms with E-state index in [1.54, 1.807) is 0 Å². The fourth-order valence-electron chi connectivity index (χ4n) is 2.68. The average Bonchev–Trinajstić information content (AvgIpc) is 2.87. The SMILES string of the molecule is CC(N)C1CCN(C(C)c2cccc(C#N)c2)C1. The van der Waals surface area contributed by atoms with Gasteiger partial charge in [0.15, 0.2) is 0 Å². The Kier molecular flexibility index (Phi) is 4.00. The van der Waals surface area contributed by atoms with Crippen molar-refractivity contribution in [3.8, 4) is 6.07 Å². The van der Waals surface area contributed by atoms with E-state index in [9.17, 15) is 0 Å². The highest BCUT2D eigenvalue weighted by Crippen LogP contribution is 2.28. The van der Waals surface area contributed by atoms with Gasteiger partial charge in [-0.25, -0.2) is 0 Å². The minimum Gasteiger partial charge on any atom is -0.328 e. The van der Waals surface area contributed by atoms with E-state index in [2.05, 4.69) is 30.9 Å². The zero-order valence-corrected chi connectivity index (χ0v) is 11.1. The molecule has 0 aromatic heterocycles. The first-order valence-electron chi connectivity index (χ1n) is 6.61. The molecule has 0 bridgehead atoms. The Balaban J connectivity index is 2.08. The van der Waals surface area contributed by atoms with Crippen molar-refractivity contribution in [3.63, 3.8) is 0 Å². The number of rotatable bonds is 3. The second-order valence-electron chi connectivity index (χ2n) is 5.32. The van der Waals surface area contributed by atoms with Crippen LogP contribution in [0.3, 0.4) is 0 Å². The van der Waals surface area contributed by atoms with Crippen LogP contribution >= 0.6 is 0 Å². The van der Waals surface area contributed by atoms with E-state index in [4.69, 9.17) is 11.0 Å². The van der Waals surface area contributed by atoms with E-state index < -0.39 is 0 Å². The molecule has 3 nitrogen and oxygen atoms in total. The number of nitrogens with zero attached hydrogens (tertiary/aromatic N) is 2. The molecule has 0 aliphatic carbocycles. The van der Waals surface area contributed by atoms with Crippen molar-refractivity contribution < 1.29 is 0 Å². The summed E-state index contributed by atoms with van der Waals surface area (Å²) in [4.78, 5) is 2.46. The maximum atomic E-state index is 8.94. The molecule has 2 N–H and O–H groups in total. The van der Waals surface area contributed by atoms with E-state index in [1.807, 2.05) is 18.2 Å². The fourth-order valence-corrected chi connectivity index (χ4v) is 2.68. The molecule has 1 aliphatic heterocycles. The Morgan fingerprint density at radius 1 is 1.44 bits per heavy atom. The Morgan fingerprint density at radius 2 is 2.22 bits per heavy atom. The molecular weight excluding hydrogens is 222 g/mol. The van der Waals surface area contributed by atoms with Gasteiger partial charge in [0.1, 0.15) is 0 Å². The highest BCUT2D eigenvalue weighted by Gasteiger charge is 2.28. The molecule has 96 valence electrons. The van der Waals surface area contributed by atoms with Crippen LogP contribution in [0.4, 0.5) is 0 Å². The summed E-state index contributed by atoms with van der Waals surface area (Å²) in [6.07, 6.45) is 1.18. The topological polar surface area (TPSA) is 53.0 Å². The minimum atomic E-state index is 0.271. The van der Waals surface area contributed by atoms with Crippen LogP contribution in [0.5, 0.6) is 0 Å². The highest BCUT2D eigenvalue weighted by atomic mass is 15.2. The van der Waals surface area contributed by atoms with Crippen molar-refractivity contribution in [2.75, 3.05) is 13.1 Å². The van der Waals surface area contributed by atoms with E-state index in [1.165, 1.54) is 12.0 Å². The fraction of sp³-hybridized carbons (Fsp3) is 0.533. The number of benzene rings is 1. The summed E-state index contributed by atoms with van der Waals surface area (Å²) in [5.74, 6) is 0.603. The lowest BCUT2D eigenvalue weighted by atomic mass is 10.0. The van der Waals surface area contributed by atoms with Gasteiger partial charge in [0.25, 0.3) is 0 Å². The van der Waals surface area contributed by atoms with Gasteiger partial charge in [0.05, 0.1) is 11.6 Å². The second-order valence-corrected chi connectivity index (χ2v) is 5.32. The molecule has 1 saturated heterocycles.